The summed E-state index contributed by atoms with van der Waals surface area (Å²) in [5.74, 6) is -0.203. The van der Waals surface area contributed by atoms with Gasteiger partial charge in [-0.3, -0.25) is 4.79 Å². The maximum atomic E-state index is 13.1. The smallest absolute Gasteiger partial charge is 0.326 e. The summed E-state index contributed by atoms with van der Waals surface area (Å²) in [5.41, 5.74) is 2.00. The van der Waals surface area contributed by atoms with Crippen LogP contribution in [0.4, 0.5) is 11.4 Å². The molecule has 1 heterocycles. The van der Waals surface area contributed by atoms with E-state index in [1.807, 2.05) is 60.7 Å². The van der Waals surface area contributed by atoms with Crippen LogP contribution in [0.5, 0.6) is 0 Å². The number of para-hydroxylation sites is 2. The lowest BCUT2D eigenvalue weighted by molar-refractivity contribution is 0.0956. The maximum absolute atomic E-state index is 13.1. The van der Waals surface area contributed by atoms with Gasteiger partial charge in [-0.2, -0.15) is 8.42 Å². The Morgan fingerprint density at radius 2 is 1.62 bits per heavy atom. The number of benzene rings is 3. The SMILES string of the molecule is O=C(NCCN1c2ccccc2N(C2CC2)S1(=O)=O)c1cccc2ccccc12. The van der Waals surface area contributed by atoms with Crippen LogP contribution in [0.2, 0.25) is 0 Å². The lowest BCUT2D eigenvalue weighted by Gasteiger charge is -2.21. The summed E-state index contributed by atoms with van der Waals surface area (Å²) >= 11 is 0. The molecule has 1 aliphatic heterocycles. The zero-order valence-corrected chi connectivity index (χ0v) is 16.6. The monoisotopic (exact) mass is 407 g/mol. The summed E-state index contributed by atoms with van der Waals surface area (Å²) in [6, 6.07) is 20.7. The third kappa shape index (κ3) is 3.02. The lowest BCUT2D eigenvalue weighted by atomic mass is 10.0. The molecule has 3 aromatic rings. The third-order valence-corrected chi connectivity index (χ3v) is 7.36. The van der Waals surface area contributed by atoms with Crippen LogP contribution in [-0.2, 0) is 10.2 Å². The van der Waals surface area contributed by atoms with Crippen molar-refractivity contribution < 1.29 is 13.2 Å². The molecule has 7 heteroatoms. The molecule has 1 N–H and O–H groups in total. The van der Waals surface area contributed by atoms with E-state index in [0.29, 0.717) is 11.3 Å². The zero-order valence-electron chi connectivity index (χ0n) is 15.8. The Bertz CT molecular complexity index is 1200. The van der Waals surface area contributed by atoms with E-state index in [9.17, 15) is 13.2 Å². The quantitative estimate of drug-likeness (QED) is 0.706. The predicted molar refractivity (Wildman–Crippen MR) is 114 cm³/mol. The highest BCUT2D eigenvalue weighted by Crippen LogP contribution is 2.46. The van der Waals surface area contributed by atoms with E-state index >= 15 is 0 Å². The second kappa shape index (κ2) is 6.77. The van der Waals surface area contributed by atoms with Gasteiger partial charge >= 0.3 is 10.2 Å². The summed E-state index contributed by atoms with van der Waals surface area (Å²) in [5, 5.41) is 4.76. The Balaban J connectivity index is 1.34. The second-order valence-electron chi connectivity index (χ2n) is 7.38. The van der Waals surface area contributed by atoms with E-state index in [0.717, 1.165) is 29.3 Å². The van der Waals surface area contributed by atoms with Gasteiger partial charge in [0.2, 0.25) is 0 Å². The number of fused-ring (bicyclic) bond motifs is 2. The normalized spacial score (nSPS) is 17.4. The van der Waals surface area contributed by atoms with Gasteiger partial charge in [-0.15, -0.1) is 0 Å². The fourth-order valence-corrected chi connectivity index (χ4v) is 5.86. The molecule has 0 saturated heterocycles. The fourth-order valence-electron chi connectivity index (χ4n) is 3.94. The van der Waals surface area contributed by atoms with E-state index in [1.54, 1.807) is 6.07 Å². The van der Waals surface area contributed by atoms with E-state index in [4.69, 9.17) is 0 Å². The average molecular weight is 407 g/mol. The second-order valence-corrected chi connectivity index (χ2v) is 9.11. The molecule has 29 heavy (non-hydrogen) atoms. The van der Waals surface area contributed by atoms with Gasteiger partial charge in [0.25, 0.3) is 5.91 Å². The van der Waals surface area contributed by atoms with Crippen LogP contribution in [0.25, 0.3) is 10.8 Å². The van der Waals surface area contributed by atoms with Gasteiger partial charge in [0, 0.05) is 18.2 Å². The molecule has 1 saturated carbocycles. The highest BCUT2D eigenvalue weighted by molar-refractivity contribution is 7.94. The number of rotatable bonds is 5. The first-order chi connectivity index (χ1) is 14.1. The molecule has 1 amide bonds. The van der Waals surface area contributed by atoms with Gasteiger partial charge in [-0.25, -0.2) is 8.61 Å². The van der Waals surface area contributed by atoms with Crippen LogP contribution < -0.4 is 13.9 Å². The number of hydrogen-bond donors (Lipinski definition) is 1. The molecule has 6 nitrogen and oxygen atoms in total. The zero-order chi connectivity index (χ0) is 20.0. The molecule has 5 rings (SSSR count). The Labute approximate surface area is 169 Å². The van der Waals surface area contributed by atoms with Crippen LogP contribution in [0.3, 0.4) is 0 Å². The summed E-state index contributed by atoms with van der Waals surface area (Å²) in [6.45, 7) is 0.424. The van der Waals surface area contributed by atoms with Crippen LogP contribution in [-0.4, -0.2) is 33.5 Å². The average Bonchev–Trinajstić information content (AvgIpc) is 3.52. The van der Waals surface area contributed by atoms with E-state index in [1.165, 1.54) is 8.61 Å². The number of carbonyl (C=O) groups is 1. The molecule has 1 fully saturated rings. The Morgan fingerprint density at radius 1 is 0.931 bits per heavy atom. The van der Waals surface area contributed by atoms with E-state index in [2.05, 4.69) is 5.32 Å². The molecule has 0 bridgehead atoms. The highest BCUT2D eigenvalue weighted by Gasteiger charge is 2.47. The summed E-state index contributed by atoms with van der Waals surface area (Å²) < 4.78 is 29.1. The van der Waals surface area contributed by atoms with E-state index in [-0.39, 0.29) is 25.0 Å². The fraction of sp³-hybridized carbons (Fsp3) is 0.227. The van der Waals surface area contributed by atoms with Crippen molar-refractivity contribution in [2.45, 2.75) is 18.9 Å². The van der Waals surface area contributed by atoms with Gasteiger partial charge in [-0.1, -0.05) is 48.5 Å². The minimum atomic E-state index is -3.61. The molecule has 3 aromatic carbocycles. The van der Waals surface area contributed by atoms with Crippen molar-refractivity contribution in [3.8, 4) is 0 Å². The van der Waals surface area contributed by atoms with Crippen LogP contribution in [0.1, 0.15) is 23.2 Å². The summed E-state index contributed by atoms with van der Waals surface area (Å²) in [4.78, 5) is 12.7. The summed E-state index contributed by atoms with van der Waals surface area (Å²) in [7, 11) is -3.61. The van der Waals surface area contributed by atoms with Crippen LogP contribution in [0, 0.1) is 0 Å². The first kappa shape index (κ1) is 18.0. The number of carbonyl (C=O) groups excluding carboxylic acids is 1. The van der Waals surface area contributed by atoms with Crippen LogP contribution in [0.15, 0.2) is 66.7 Å². The topological polar surface area (TPSA) is 69.7 Å². The molecular weight excluding hydrogens is 386 g/mol. The van der Waals surface area contributed by atoms with Crippen molar-refractivity contribution in [3.63, 3.8) is 0 Å². The van der Waals surface area contributed by atoms with Gasteiger partial charge in [0.1, 0.15) is 0 Å². The van der Waals surface area contributed by atoms with Crippen LogP contribution >= 0.6 is 0 Å². The standard InChI is InChI=1S/C22H21N3O3S/c26-22(19-9-5-7-16-6-1-2-8-18(16)19)23-14-15-24-20-10-3-4-11-21(20)25(17-12-13-17)29(24,27)28/h1-11,17H,12-15H2,(H,23,26). The molecule has 1 aliphatic carbocycles. The molecule has 0 unspecified atom stereocenters. The number of nitrogens with zero attached hydrogens (tertiary/aromatic N) is 2. The predicted octanol–water partition coefficient (Wildman–Crippen LogP) is 3.30. The van der Waals surface area contributed by atoms with Gasteiger partial charge in [0.15, 0.2) is 0 Å². The van der Waals surface area contributed by atoms with Gasteiger partial charge in [-0.05, 0) is 41.8 Å². The lowest BCUT2D eigenvalue weighted by Crippen LogP contribution is -2.42. The Hall–Kier alpha value is -3.06. The molecule has 2 aliphatic rings. The number of hydrogen-bond acceptors (Lipinski definition) is 3. The molecule has 0 spiro atoms. The first-order valence-electron chi connectivity index (χ1n) is 9.74. The van der Waals surface area contributed by atoms with Crippen molar-refractivity contribution >= 4 is 38.3 Å². The molecule has 0 atom stereocenters. The first-order valence-corrected chi connectivity index (χ1v) is 11.1. The largest absolute Gasteiger partial charge is 0.350 e. The van der Waals surface area contributed by atoms with E-state index < -0.39 is 10.2 Å². The van der Waals surface area contributed by atoms with Gasteiger partial charge in [0.05, 0.1) is 17.9 Å². The minimum absolute atomic E-state index is 0.0522. The number of nitrogens with one attached hydrogen (secondary N) is 1. The minimum Gasteiger partial charge on any atom is -0.350 e. The third-order valence-electron chi connectivity index (χ3n) is 5.43. The van der Waals surface area contributed by atoms with Crippen molar-refractivity contribution in [2.24, 2.45) is 0 Å². The van der Waals surface area contributed by atoms with Crippen molar-refractivity contribution in [1.29, 1.82) is 0 Å². The maximum Gasteiger partial charge on any atom is 0.326 e. The van der Waals surface area contributed by atoms with Crippen molar-refractivity contribution in [2.75, 3.05) is 21.7 Å². The van der Waals surface area contributed by atoms with Crippen molar-refractivity contribution in [1.82, 2.24) is 5.32 Å². The molecule has 148 valence electrons. The Kier molecular flexibility index (Phi) is 4.20. The number of amides is 1. The van der Waals surface area contributed by atoms with Crippen molar-refractivity contribution in [3.05, 3.63) is 72.3 Å². The number of anilines is 2. The Morgan fingerprint density at radius 3 is 2.41 bits per heavy atom. The summed E-state index contributed by atoms with van der Waals surface area (Å²) in [6.07, 6.45) is 1.78. The van der Waals surface area contributed by atoms with Gasteiger partial charge < -0.3 is 5.32 Å². The molecular formula is C22H21N3O3S. The highest BCUT2D eigenvalue weighted by atomic mass is 32.2. The molecule has 0 radical (unpaired) electrons. The molecule has 0 aromatic heterocycles.